The number of nitrogens with one attached hydrogen (secondary N) is 1. The highest BCUT2D eigenvalue weighted by Gasteiger charge is 2.36. The first-order valence-electron chi connectivity index (χ1n) is 9.48. The monoisotopic (exact) mass is 362 g/mol. The summed E-state index contributed by atoms with van der Waals surface area (Å²) in [6, 6.07) is 6.93. The third-order valence-electron chi connectivity index (χ3n) is 5.79. The van der Waals surface area contributed by atoms with E-state index in [0.717, 1.165) is 32.2 Å². The van der Waals surface area contributed by atoms with Crippen molar-refractivity contribution in [3.8, 4) is 0 Å². The Hall–Kier alpha value is -1.40. The van der Waals surface area contributed by atoms with E-state index in [2.05, 4.69) is 4.72 Å². The number of hydrogen-bond donors (Lipinski definition) is 1. The lowest BCUT2D eigenvalue weighted by Gasteiger charge is -2.44. The zero-order valence-electron chi connectivity index (χ0n) is 14.5. The van der Waals surface area contributed by atoms with Crippen LogP contribution < -0.4 is 4.72 Å². The molecule has 3 fully saturated rings. The van der Waals surface area contributed by atoms with Crippen molar-refractivity contribution in [1.29, 1.82) is 0 Å². The number of sulfonamides is 1. The van der Waals surface area contributed by atoms with Gasteiger partial charge in [0.25, 0.3) is 5.91 Å². The number of carbonyl (C=O) groups is 1. The van der Waals surface area contributed by atoms with Gasteiger partial charge in [0.2, 0.25) is 10.0 Å². The van der Waals surface area contributed by atoms with E-state index in [-0.39, 0.29) is 16.8 Å². The van der Waals surface area contributed by atoms with Gasteiger partial charge in [0.1, 0.15) is 0 Å². The van der Waals surface area contributed by atoms with Crippen LogP contribution in [-0.2, 0) is 10.0 Å². The Morgan fingerprint density at radius 2 is 1.80 bits per heavy atom. The zero-order valence-corrected chi connectivity index (χ0v) is 15.3. The van der Waals surface area contributed by atoms with Crippen LogP contribution in [0.15, 0.2) is 29.2 Å². The van der Waals surface area contributed by atoms with Crippen LogP contribution in [-0.4, -0.2) is 37.9 Å². The average molecular weight is 362 g/mol. The summed E-state index contributed by atoms with van der Waals surface area (Å²) in [5.74, 6) is 0.606. The third kappa shape index (κ3) is 3.60. The summed E-state index contributed by atoms with van der Waals surface area (Å²) in [6.45, 7) is 0.789. The van der Waals surface area contributed by atoms with Crippen LogP contribution in [0.4, 0.5) is 0 Å². The van der Waals surface area contributed by atoms with Gasteiger partial charge in [-0.15, -0.1) is 0 Å². The lowest BCUT2D eigenvalue weighted by Crippen LogP contribution is -2.49. The quantitative estimate of drug-likeness (QED) is 0.895. The van der Waals surface area contributed by atoms with Crippen molar-refractivity contribution >= 4 is 15.9 Å². The fourth-order valence-electron chi connectivity index (χ4n) is 4.33. The van der Waals surface area contributed by atoms with Crippen LogP contribution in [0.3, 0.4) is 0 Å². The molecule has 2 saturated carbocycles. The van der Waals surface area contributed by atoms with Gasteiger partial charge in [0.05, 0.1) is 4.90 Å². The number of piperidine rings is 1. The first kappa shape index (κ1) is 17.0. The number of hydrogen-bond acceptors (Lipinski definition) is 3. The van der Waals surface area contributed by atoms with Crippen molar-refractivity contribution < 1.29 is 13.2 Å². The van der Waals surface area contributed by atoms with Crippen LogP contribution in [0.25, 0.3) is 0 Å². The topological polar surface area (TPSA) is 66.5 Å². The van der Waals surface area contributed by atoms with Crippen LogP contribution in [0, 0.1) is 5.92 Å². The van der Waals surface area contributed by atoms with E-state index in [1.165, 1.54) is 25.7 Å². The highest BCUT2D eigenvalue weighted by atomic mass is 32.2. The lowest BCUT2D eigenvalue weighted by molar-refractivity contribution is 0.0390. The van der Waals surface area contributed by atoms with Crippen LogP contribution in [0.5, 0.6) is 0 Å². The molecule has 0 unspecified atom stereocenters. The van der Waals surface area contributed by atoms with Gasteiger partial charge < -0.3 is 4.90 Å². The highest BCUT2D eigenvalue weighted by molar-refractivity contribution is 7.89. The highest BCUT2D eigenvalue weighted by Crippen LogP contribution is 2.36. The van der Waals surface area contributed by atoms with E-state index < -0.39 is 10.0 Å². The van der Waals surface area contributed by atoms with E-state index in [0.29, 0.717) is 17.5 Å². The van der Waals surface area contributed by atoms with Gasteiger partial charge in [-0.1, -0.05) is 18.9 Å². The molecule has 3 aliphatic rings. The van der Waals surface area contributed by atoms with Crippen LogP contribution >= 0.6 is 0 Å². The molecule has 0 radical (unpaired) electrons. The Balaban J connectivity index is 1.56. The largest absolute Gasteiger partial charge is 0.335 e. The fourth-order valence-corrected chi connectivity index (χ4v) is 5.68. The second kappa shape index (κ2) is 6.72. The zero-order chi connectivity index (χ0) is 17.4. The summed E-state index contributed by atoms with van der Waals surface area (Å²) in [5, 5.41) is 0. The van der Waals surface area contributed by atoms with E-state index in [1.54, 1.807) is 24.3 Å². The predicted molar refractivity (Wildman–Crippen MR) is 95.8 cm³/mol. The van der Waals surface area contributed by atoms with Crippen molar-refractivity contribution in [2.24, 2.45) is 5.92 Å². The molecule has 1 aromatic rings. The summed E-state index contributed by atoms with van der Waals surface area (Å²) >= 11 is 0. The minimum absolute atomic E-state index is 0.0138. The van der Waals surface area contributed by atoms with E-state index in [1.807, 2.05) is 4.90 Å². The van der Waals surface area contributed by atoms with E-state index >= 15 is 0 Å². The molecule has 1 heterocycles. The van der Waals surface area contributed by atoms with Gasteiger partial charge in [-0.3, -0.25) is 4.79 Å². The number of amides is 1. The number of likely N-dealkylation sites (tertiary alicyclic amines) is 1. The molecule has 5 nitrogen and oxygen atoms in total. The Kier molecular flexibility index (Phi) is 4.58. The Labute approximate surface area is 149 Å². The number of fused-ring (bicyclic) bond motifs is 1. The number of nitrogens with zero attached hydrogens (tertiary/aromatic N) is 1. The molecule has 1 aromatic carbocycles. The number of carbonyl (C=O) groups excluding carboxylic acids is 1. The van der Waals surface area contributed by atoms with Crippen LogP contribution in [0.1, 0.15) is 61.7 Å². The molecule has 2 aliphatic carbocycles. The number of benzene rings is 1. The third-order valence-corrected chi connectivity index (χ3v) is 7.31. The van der Waals surface area contributed by atoms with Gasteiger partial charge >= 0.3 is 0 Å². The predicted octanol–water partition coefficient (Wildman–Crippen LogP) is 2.92. The molecule has 1 aliphatic heterocycles. The smallest absolute Gasteiger partial charge is 0.254 e. The molecule has 1 amide bonds. The van der Waals surface area contributed by atoms with Crippen molar-refractivity contribution in [1.82, 2.24) is 9.62 Å². The molecule has 0 aromatic heterocycles. The second-order valence-electron chi connectivity index (χ2n) is 7.68. The Morgan fingerprint density at radius 1 is 1.04 bits per heavy atom. The lowest BCUT2D eigenvalue weighted by atomic mass is 9.78. The maximum absolute atomic E-state index is 13.1. The van der Waals surface area contributed by atoms with E-state index in [4.69, 9.17) is 0 Å². The van der Waals surface area contributed by atoms with E-state index in [9.17, 15) is 13.2 Å². The summed E-state index contributed by atoms with van der Waals surface area (Å²) in [6.07, 6.45) is 8.81. The summed E-state index contributed by atoms with van der Waals surface area (Å²) in [5.41, 5.74) is 0.491. The SMILES string of the molecule is O=C(c1cccc(S(=O)(=O)NC2CC2)c1)N1CCC[C@@H]2CCCC[C@@H]21. The molecule has 6 heteroatoms. The maximum atomic E-state index is 13.1. The Morgan fingerprint density at radius 3 is 2.60 bits per heavy atom. The van der Waals surface area contributed by atoms with Gasteiger partial charge in [-0.25, -0.2) is 13.1 Å². The number of rotatable bonds is 4. The van der Waals surface area contributed by atoms with Crippen LogP contribution in [0.2, 0.25) is 0 Å². The van der Waals surface area contributed by atoms with Gasteiger partial charge in [-0.05, 0) is 62.6 Å². The summed E-state index contributed by atoms with van der Waals surface area (Å²) < 4.78 is 27.5. The first-order valence-corrected chi connectivity index (χ1v) is 11.0. The molecular weight excluding hydrogens is 336 g/mol. The molecule has 1 saturated heterocycles. The maximum Gasteiger partial charge on any atom is 0.254 e. The van der Waals surface area contributed by atoms with Crippen molar-refractivity contribution in [2.75, 3.05) is 6.54 Å². The molecule has 0 bridgehead atoms. The average Bonchev–Trinajstić information content (AvgIpc) is 3.44. The minimum Gasteiger partial charge on any atom is -0.335 e. The Bertz CT molecular complexity index is 756. The minimum atomic E-state index is -3.53. The summed E-state index contributed by atoms with van der Waals surface area (Å²) in [4.78, 5) is 15.3. The van der Waals surface area contributed by atoms with Gasteiger partial charge in [-0.2, -0.15) is 0 Å². The van der Waals surface area contributed by atoms with Crippen molar-refractivity contribution in [3.05, 3.63) is 29.8 Å². The van der Waals surface area contributed by atoms with Crippen molar-refractivity contribution in [3.63, 3.8) is 0 Å². The molecule has 136 valence electrons. The fraction of sp³-hybridized carbons (Fsp3) is 0.632. The molecule has 4 rings (SSSR count). The standard InChI is InChI=1S/C19H26N2O3S/c22-19(21-12-4-7-14-5-1-2-9-18(14)21)15-6-3-8-17(13-15)25(23,24)20-16-10-11-16/h3,6,8,13-14,16,18,20H,1-2,4-5,7,9-12H2/t14-,18-/m0/s1. The second-order valence-corrected chi connectivity index (χ2v) is 9.39. The normalized spacial score (nSPS) is 27.0. The molecule has 2 atom stereocenters. The van der Waals surface area contributed by atoms with Crippen molar-refractivity contribution in [2.45, 2.75) is 68.3 Å². The van der Waals surface area contributed by atoms with Gasteiger partial charge in [0.15, 0.2) is 0 Å². The summed E-state index contributed by atoms with van der Waals surface area (Å²) in [7, 11) is -3.53. The molecule has 1 N–H and O–H groups in total. The molecule has 25 heavy (non-hydrogen) atoms. The molecule has 0 spiro atoms. The molecular formula is C19H26N2O3S. The van der Waals surface area contributed by atoms with Gasteiger partial charge in [0, 0.05) is 24.2 Å². The first-order chi connectivity index (χ1) is 12.0.